The van der Waals surface area contributed by atoms with Crippen LogP contribution >= 0.6 is 22.6 Å². The summed E-state index contributed by atoms with van der Waals surface area (Å²) in [7, 11) is 0. The first kappa shape index (κ1) is 27.4. The average molecular weight is 608 g/mol. The number of carbonyl (C=O) groups excluding carboxylic acids is 1. The number of nitrogens with one attached hydrogen (secondary N) is 1. The van der Waals surface area contributed by atoms with E-state index in [0.29, 0.717) is 18.2 Å². The summed E-state index contributed by atoms with van der Waals surface area (Å²) >= 11 is 2.23. The highest BCUT2D eigenvalue weighted by molar-refractivity contribution is 14.1. The van der Waals surface area contributed by atoms with Crippen LogP contribution in [0.15, 0.2) is 61.1 Å². The van der Waals surface area contributed by atoms with Crippen LogP contribution in [0, 0.1) is 14.9 Å². The van der Waals surface area contributed by atoms with E-state index in [9.17, 15) is 23.2 Å². The van der Waals surface area contributed by atoms with Crippen molar-refractivity contribution in [1.82, 2.24) is 15.3 Å². The van der Waals surface area contributed by atoms with Crippen molar-refractivity contribution < 1.29 is 22.7 Å². The van der Waals surface area contributed by atoms with E-state index in [1.807, 2.05) is 31.2 Å². The number of carbonyl (C=O) groups is 1. The lowest BCUT2D eigenvalue weighted by Gasteiger charge is -2.30. The van der Waals surface area contributed by atoms with E-state index in [4.69, 9.17) is 4.74 Å². The Labute approximate surface area is 221 Å². The minimum atomic E-state index is -4.52. The van der Waals surface area contributed by atoms with E-state index in [1.165, 1.54) is 20.0 Å². The molecule has 2 aromatic heterocycles. The van der Waals surface area contributed by atoms with Crippen LogP contribution < -0.4 is 10.1 Å². The van der Waals surface area contributed by atoms with Crippen molar-refractivity contribution in [2.24, 2.45) is 0 Å². The zero-order chi connectivity index (χ0) is 26.5. The molecule has 1 aromatic carbocycles. The highest BCUT2D eigenvalue weighted by atomic mass is 127. The van der Waals surface area contributed by atoms with Gasteiger partial charge in [-0.15, -0.1) is 0 Å². The maximum absolute atomic E-state index is 13.1. The molecule has 0 aliphatic heterocycles. The number of ether oxygens (including phenoxy) is 1. The summed E-state index contributed by atoms with van der Waals surface area (Å²) in [6.07, 6.45) is -0.121. The third-order valence-corrected chi connectivity index (χ3v) is 6.34. The van der Waals surface area contributed by atoms with E-state index in [1.54, 1.807) is 12.3 Å². The molecule has 0 aliphatic rings. The summed E-state index contributed by atoms with van der Waals surface area (Å²) in [4.78, 5) is 21.0. The van der Waals surface area contributed by atoms with Gasteiger partial charge < -0.3 is 10.1 Å². The normalized spacial score (nSPS) is 13.4. The molecule has 0 saturated heterocycles. The summed E-state index contributed by atoms with van der Waals surface area (Å²) in [5, 5.41) is 12.3. The van der Waals surface area contributed by atoms with Crippen LogP contribution in [0.4, 0.5) is 13.2 Å². The topological polar surface area (TPSA) is 87.9 Å². The molecule has 0 fully saturated rings. The standard InChI is InChI=1S/C26H24F3IN4O2/c1-16(34-24(35)25(2,3)36-23-9-6-20(15-33-23)26(27,28)29)22(11-17-4-7-21(30)8-5-17)19-10-18(12-31)13-32-14-19/h4-10,13-16,22H,11H2,1-3H3,(H,34,35). The number of halogens is 4. The number of alkyl halides is 3. The predicted molar refractivity (Wildman–Crippen MR) is 136 cm³/mol. The van der Waals surface area contributed by atoms with Gasteiger partial charge in [-0.05, 0) is 85.2 Å². The van der Waals surface area contributed by atoms with E-state index >= 15 is 0 Å². The van der Waals surface area contributed by atoms with Gasteiger partial charge in [0.15, 0.2) is 5.60 Å². The third-order valence-electron chi connectivity index (χ3n) is 5.62. The van der Waals surface area contributed by atoms with Gasteiger partial charge in [0.25, 0.3) is 5.91 Å². The van der Waals surface area contributed by atoms with Gasteiger partial charge in [0, 0.05) is 40.2 Å². The van der Waals surface area contributed by atoms with Crippen molar-refractivity contribution in [1.29, 1.82) is 5.26 Å². The summed E-state index contributed by atoms with van der Waals surface area (Å²) in [5.41, 5.74) is -0.0637. The van der Waals surface area contributed by atoms with Crippen LogP contribution in [0.5, 0.6) is 5.88 Å². The SMILES string of the molecule is CC(NC(=O)C(C)(C)Oc1ccc(C(F)(F)F)cn1)C(Cc1ccc(I)cc1)c1cncc(C#N)c1. The Balaban J connectivity index is 1.79. The minimum Gasteiger partial charge on any atom is -0.462 e. The first-order valence-corrected chi connectivity index (χ1v) is 12.1. The lowest BCUT2D eigenvalue weighted by atomic mass is 9.86. The molecule has 0 spiro atoms. The fraction of sp³-hybridized carbons (Fsp3) is 0.308. The van der Waals surface area contributed by atoms with Crippen molar-refractivity contribution in [2.45, 2.75) is 50.9 Å². The van der Waals surface area contributed by atoms with Gasteiger partial charge in [-0.3, -0.25) is 9.78 Å². The van der Waals surface area contributed by atoms with Gasteiger partial charge in [-0.1, -0.05) is 12.1 Å². The highest BCUT2D eigenvalue weighted by Gasteiger charge is 2.34. The Bertz CT molecular complexity index is 1240. The molecule has 10 heteroatoms. The number of hydrogen-bond acceptors (Lipinski definition) is 5. The Morgan fingerprint density at radius 1 is 1.14 bits per heavy atom. The highest BCUT2D eigenvalue weighted by Crippen LogP contribution is 2.30. The minimum absolute atomic E-state index is 0.0998. The number of nitriles is 1. The summed E-state index contributed by atoms with van der Waals surface area (Å²) < 4.78 is 45.1. The number of nitrogens with zero attached hydrogens (tertiary/aromatic N) is 3. The van der Waals surface area contributed by atoms with Crippen molar-refractivity contribution in [3.8, 4) is 11.9 Å². The van der Waals surface area contributed by atoms with Crippen LogP contribution in [0.2, 0.25) is 0 Å². The number of amides is 1. The molecule has 0 radical (unpaired) electrons. The molecule has 1 amide bonds. The molecule has 1 N–H and O–H groups in total. The predicted octanol–water partition coefficient (Wildman–Crippen LogP) is 5.66. The van der Waals surface area contributed by atoms with E-state index in [2.05, 4.69) is 43.9 Å². The first-order chi connectivity index (χ1) is 16.9. The molecule has 188 valence electrons. The number of aromatic nitrogens is 2. The second-order valence-electron chi connectivity index (χ2n) is 8.81. The molecule has 3 rings (SSSR count). The largest absolute Gasteiger partial charge is 0.462 e. The van der Waals surface area contributed by atoms with Crippen LogP contribution in [0.3, 0.4) is 0 Å². The molecule has 0 aliphatic carbocycles. The Morgan fingerprint density at radius 2 is 1.83 bits per heavy atom. The van der Waals surface area contributed by atoms with Crippen molar-refractivity contribution in [3.05, 3.63) is 86.9 Å². The van der Waals surface area contributed by atoms with Crippen LogP contribution in [0.25, 0.3) is 0 Å². The van der Waals surface area contributed by atoms with Crippen molar-refractivity contribution >= 4 is 28.5 Å². The van der Waals surface area contributed by atoms with Crippen molar-refractivity contribution in [2.75, 3.05) is 0 Å². The Morgan fingerprint density at radius 3 is 2.42 bits per heavy atom. The smallest absolute Gasteiger partial charge is 0.417 e. The molecule has 3 aromatic rings. The van der Waals surface area contributed by atoms with Gasteiger partial charge in [0.2, 0.25) is 5.88 Å². The van der Waals surface area contributed by atoms with Crippen LogP contribution in [-0.4, -0.2) is 27.5 Å². The molecule has 0 bridgehead atoms. The summed E-state index contributed by atoms with van der Waals surface area (Å²) in [6, 6.07) is 13.4. The fourth-order valence-corrected chi connectivity index (χ4v) is 3.94. The zero-order valence-electron chi connectivity index (χ0n) is 19.8. The second-order valence-corrected chi connectivity index (χ2v) is 10.1. The first-order valence-electron chi connectivity index (χ1n) is 11.0. The molecule has 2 heterocycles. The van der Waals surface area contributed by atoms with Crippen molar-refractivity contribution in [3.63, 3.8) is 0 Å². The monoisotopic (exact) mass is 608 g/mol. The van der Waals surface area contributed by atoms with E-state index < -0.39 is 29.3 Å². The lowest BCUT2D eigenvalue weighted by Crippen LogP contribution is -2.51. The molecule has 2 atom stereocenters. The average Bonchev–Trinajstić information content (AvgIpc) is 2.83. The van der Waals surface area contributed by atoms with Gasteiger partial charge in [0.1, 0.15) is 6.07 Å². The molecule has 6 nitrogen and oxygen atoms in total. The second kappa shape index (κ2) is 11.2. The molecular formula is C26H24F3IN4O2. The Kier molecular flexibility index (Phi) is 8.55. The Hall–Kier alpha value is -3.20. The summed E-state index contributed by atoms with van der Waals surface area (Å²) in [5.74, 6) is -0.777. The van der Waals surface area contributed by atoms with Gasteiger partial charge in [-0.25, -0.2) is 4.98 Å². The maximum atomic E-state index is 13.1. The maximum Gasteiger partial charge on any atom is 0.417 e. The lowest BCUT2D eigenvalue weighted by molar-refractivity contribution is -0.138. The summed E-state index contributed by atoms with van der Waals surface area (Å²) in [6.45, 7) is 4.88. The third kappa shape index (κ3) is 7.16. The number of pyridine rings is 2. The zero-order valence-corrected chi connectivity index (χ0v) is 22.0. The quantitative estimate of drug-likeness (QED) is 0.334. The van der Waals surface area contributed by atoms with Gasteiger partial charge in [0.05, 0.1) is 11.1 Å². The van der Waals surface area contributed by atoms with Crippen LogP contribution in [-0.2, 0) is 17.4 Å². The fourth-order valence-electron chi connectivity index (χ4n) is 3.58. The number of hydrogen-bond donors (Lipinski definition) is 1. The van der Waals surface area contributed by atoms with Gasteiger partial charge in [-0.2, -0.15) is 18.4 Å². The van der Waals surface area contributed by atoms with Crippen LogP contribution in [0.1, 0.15) is 48.9 Å². The number of rotatable bonds is 8. The molecule has 0 saturated carbocycles. The number of benzene rings is 1. The molecule has 2 unspecified atom stereocenters. The molecule has 36 heavy (non-hydrogen) atoms. The van der Waals surface area contributed by atoms with E-state index in [-0.39, 0.29) is 11.8 Å². The molecular weight excluding hydrogens is 584 g/mol. The van der Waals surface area contributed by atoms with E-state index in [0.717, 1.165) is 26.8 Å². The van der Waals surface area contributed by atoms with Gasteiger partial charge >= 0.3 is 6.18 Å².